The van der Waals surface area contributed by atoms with Gasteiger partial charge in [-0.1, -0.05) is 11.6 Å². The number of ether oxygens (including phenoxy) is 1. The van der Waals surface area contributed by atoms with Crippen LogP contribution in [0.3, 0.4) is 0 Å². The number of alkyl halides is 3. The van der Waals surface area contributed by atoms with E-state index in [1.54, 1.807) is 11.1 Å². The Labute approximate surface area is 133 Å². The van der Waals surface area contributed by atoms with E-state index in [1.807, 2.05) is 0 Å². The van der Waals surface area contributed by atoms with Crippen molar-refractivity contribution < 1.29 is 22.7 Å². The van der Waals surface area contributed by atoms with Crippen LogP contribution in [0.1, 0.15) is 16.1 Å². The van der Waals surface area contributed by atoms with Crippen molar-refractivity contribution in [2.24, 2.45) is 0 Å². The molecule has 0 spiro atoms. The van der Waals surface area contributed by atoms with Gasteiger partial charge in [-0.25, -0.2) is 0 Å². The molecule has 0 fully saturated rings. The number of benzene rings is 1. The van der Waals surface area contributed by atoms with Crippen LogP contribution in [0, 0.1) is 0 Å². The molecule has 1 heterocycles. The third kappa shape index (κ3) is 3.84. The van der Waals surface area contributed by atoms with Crippen molar-refractivity contribution in [3.63, 3.8) is 0 Å². The van der Waals surface area contributed by atoms with Crippen molar-refractivity contribution in [3.05, 3.63) is 57.0 Å². The van der Waals surface area contributed by atoms with E-state index in [-0.39, 0.29) is 10.7 Å². The summed E-state index contributed by atoms with van der Waals surface area (Å²) in [4.78, 5) is 25.3. The summed E-state index contributed by atoms with van der Waals surface area (Å²) in [5.41, 5.74) is -2.71. The molecule has 1 aromatic carbocycles. The topological polar surface area (TPSA) is 71.2 Å². The molecule has 0 saturated carbocycles. The third-order valence-corrected chi connectivity index (χ3v) is 3.21. The van der Waals surface area contributed by atoms with Crippen molar-refractivity contribution >= 4 is 23.2 Å². The molecule has 5 nitrogen and oxygen atoms in total. The normalized spacial score (nSPS) is 11.2. The first-order valence-electron chi connectivity index (χ1n) is 6.18. The number of hydrogen-bond donors (Lipinski definition) is 2. The van der Waals surface area contributed by atoms with Gasteiger partial charge in [-0.3, -0.25) is 9.59 Å². The number of halogens is 4. The molecule has 0 aliphatic heterocycles. The number of carbonyl (C=O) groups is 1. The Morgan fingerprint density at radius 1 is 1.26 bits per heavy atom. The summed E-state index contributed by atoms with van der Waals surface area (Å²) in [6.07, 6.45) is -4.70. The predicted molar refractivity (Wildman–Crippen MR) is 78.0 cm³/mol. The van der Waals surface area contributed by atoms with E-state index >= 15 is 0 Å². The second kappa shape index (κ2) is 6.33. The Bertz CT molecular complexity index is 803. The van der Waals surface area contributed by atoms with Crippen LogP contribution in [0.2, 0.25) is 5.02 Å². The zero-order valence-corrected chi connectivity index (χ0v) is 12.4. The molecule has 0 bridgehead atoms. The largest absolute Gasteiger partial charge is 0.497 e. The number of amides is 1. The standard InChI is InChI=1S/C14H10ClF3N2O3/c1-23-7-2-4-9(15)10(6-7)19-12(21)8-3-5-11(14(16,17)18)20-13(8)22/h2-6H,1H3,(H,19,21)(H,20,22). The molecule has 23 heavy (non-hydrogen) atoms. The van der Waals surface area contributed by atoms with Crippen LogP contribution in [0.4, 0.5) is 18.9 Å². The number of carbonyl (C=O) groups excluding carboxylic acids is 1. The van der Waals surface area contributed by atoms with Gasteiger partial charge in [0.05, 0.1) is 17.8 Å². The van der Waals surface area contributed by atoms with Gasteiger partial charge in [0, 0.05) is 6.07 Å². The Hall–Kier alpha value is -2.48. The first-order chi connectivity index (χ1) is 10.7. The highest BCUT2D eigenvalue weighted by atomic mass is 35.5. The van der Waals surface area contributed by atoms with E-state index < -0.39 is 28.9 Å². The molecule has 2 aromatic rings. The van der Waals surface area contributed by atoms with Gasteiger partial charge < -0.3 is 15.0 Å². The Balaban J connectivity index is 2.30. The molecule has 0 atom stereocenters. The van der Waals surface area contributed by atoms with Gasteiger partial charge in [-0.05, 0) is 24.3 Å². The third-order valence-electron chi connectivity index (χ3n) is 2.88. The summed E-state index contributed by atoms with van der Waals surface area (Å²) in [6.45, 7) is 0. The number of rotatable bonds is 3. The van der Waals surface area contributed by atoms with Gasteiger partial charge in [0.2, 0.25) is 0 Å². The number of aromatic amines is 1. The zero-order chi connectivity index (χ0) is 17.2. The second-order valence-corrected chi connectivity index (χ2v) is 4.82. The van der Waals surface area contributed by atoms with E-state index in [0.29, 0.717) is 11.8 Å². The second-order valence-electron chi connectivity index (χ2n) is 4.41. The van der Waals surface area contributed by atoms with Crippen molar-refractivity contribution in [1.29, 1.82) is 0 Å². The van der Waals surface area contributed by atoms with Gasteiger partial charge in [-0.2, -0.15) is 13.2 Å². The minimum Gasteiger partial charge on any atom is -0.497 e. The number of pyridine rings is 1. The minimum absolute atomic E-state index is 0.162. The molecule has 0 radical (unpaired) electrons. The summed E-state index contributed by atoms with van der Waals surface area (Å²) in [5.74, 6) is -0.485. The molecule has 2 rings (SSSR count). The molecule has 0 saturated heterocycles. The molecular formula is C14H10ClF3N2O3. The summed E-state index contributed by atoms with van der Waals surface area (Å²) in [5, 5.41) is 2.53. The summed E-state index contributed by atoms with van der Waals surface area (Å²) in [6, 6.07) is 5.85. The molecule has 1 amide bonds. The number of nitrogens with one attached hydrogen (secondary N) is 2. The lowest BCUT2D eigenvalue weighted by Crippen LogP contribution is -2.25. The van der Waals surface area contributed by atoms with Gasteiger partial charge in [0.25, 0.3) is 11.5 Å². The maximum absolute atomic E-state index is 12.5. The molecule has 0 unspecified atom stereocenters. The van der Waals surface area contributed by atoms with Crippen molar-refractivity contribution in [2.75, 3.05) is 12.4 Å². The van der Waals surface area contributed by atoms with Crippen LogP contribution < -0.4 is 15.6 Å². The minimum atomic E-state index is -4.70. The molecule has 0 aliphatic carbocycles. The van der Waals surface area contributed by atoms with E-state index in [1.165, 1.54) is 19.2 Å². The summed E-state index contributed by atoms with van der Waals surface area (Å²) >= 11 is 5.90. The lowest BCUT2D eigenvalue weighted by atomic mass is 10.2. The SMILES string of the molecule is COc1ccc(Cl)c(NC(=O)c2ccc(C(F)(F)F)[nH]c2=O)c1. The fraction of sp³-hybridized carbons (Fsp3) is 0.143. The van der Waals surface area contributed by atoms with Gasteiger partial charge >= 0.3 is 6.18 Å². The monoisotopic (exact) mass is 346 g/mol. The van der Waals surface area contributed by atoms with Gasteiger partial charge in [0.1, 0.15) is 17.0 Å². The van der Waals surface area contributed by atoms with Crippen molar-refractivity contribution in [2.45, 2.75) is 6.18 Å². The Kier molecular flexibility index (Phi) is 4.65. The van der Waals surface area contributed by atoms with E-state index in [0.717, 1.165) is 6.07 Å². The quantitative estimate of drug-likeness (QED) is 0.895. The van der Waals surface area contributed by atoms with Crippen LogP contribution in [-0.2, 0) is 6.18 Å². The number of methoxy groups -OCH3 is 1. The Morgan fingerprint density at radius 2 is 1.96 bits per heavy atom. The highest BCUT2D eigenvalue weighted by Crippen LogP contribution is 2.28. The number of H-pyrrole nitrogens is 1. The lowest BCUT2D eigenvalue weighted by Gasteiger charge is -2.10. The summed E-state index contributed by atoms with van der Waals surface area (Å²) < 4.78 is 42.4. The van der Waals surface area contributed by atoms with Crippen LogP contribution in [0.5, 0.6) is 5.75 Å². The number of aromatic nitrogens is 1. The van der Waals surface area contributed by atoms with E-state index in [9.17, 15) is 22.8 Å². The van der Waals surface area contributed by atoms with Crippen molar-refractivity contribution in [3.8, 4) is 5.75 Å². The predicted octanol–water partition coefficient (Wildman–Crippen LogP) is 3.31. The average molecular weight is 347 g/mol. The number of hydrogen-bond acceptors (Lipinski definition) is 3. The van der Waals surface area contributed by atoms with Crippen LogP contribution in [-0.4, -0.2) is 18.0 Å². The van der Waals surface area contributed by atoms with E-state index in [4.69, 9.17) is 16.3 Å². The highest BCUT2D eigenvalue weighted by Gasteiger charge is 2.32. The first kappa shape index (κ1) is 16.9. The maximum Gasteiger partial charge on any atom is 0.431 e. The fourth-order valence-corrected chi connectivity index (χ4v) is 1.90. The maximum atomic E-state index is 12.5. The van der Waals surface area contributed by atoms with Crippen LogP contribution in [0.15, 0.2) is 35.1 Å². The molecule has 9 heteroatoms. The summed E-state index contributed by atoms with van der Waals surface area (Å²) in [7, 11) is 1.41. The molecule has 2 N–H and O–H groups in total. The van der Waals surface area contributed by atoms with E-state index in [2.05, 4.69) is 5.32 Å². The Morgan fingerprint density at radius 3 is 2.52 bits per heavy atom. The van der Waals surface area contributed by atoms with Crippen molar-refractivity contribution in [1.82, 2.24) is 4.98 Å². The van der Waals surface area contributed by atoms with Crippen LogP contribution in [0.25, 0.3) is 0 Å². The zero-order valence-electron chi connectivity index (χ0n) is 11.6. The fourth-order valence-electron chi connectivity index (χ4n) is 1.73. The highest BCUT2D eigenvalue weighted by molar-refractivity contribution is 6.34. The molecular weight excluding hydrogens is 337 g/mol. The first-order valence-corrected chi connectivity index (χ1v) is 6.55. The molecule has 0 aliphatic rings. The smallest absolute Gasteiger partial charge is 0.431 e. The average Bonchev–Trinajstić information content (AvgIpc) is 2.48. The van der Waals surface area contributed by atoms with Crippen LogP contribution >= 0.6 is 11.6 Å². The van der Waals surface area contributed by atoms with Gasteiger partial charge in [0.15, 0.2) is 0 Å². The van der Waals surface area contributed by atoms with Gasteiger partial charge in [-0.15, -0.1) is 0 Å². The number of anilines is 1. The molecule has 122 valence electrons. The lowest BCUT2D eigenvalue weighted by molar-refractivity contribution is -0.141. The molecule has 1 aromatic heterocycles.